The van der Waals surface area contributed by atoms with Gasteiger partial charge in [-0.1, -0.05) is 86.0 Å². The molecular weight excluding hydrogens is 434 g/mol. The first-order chi connectivity index (χ1) is 17.1. The van der Waals surface area contributed by atoms with Gasteiger partial charge in [-0.15, -0.1) is 0 Å². The summed E-state index contributed by atoms with van der Waals surface area (Å²) in [7, 11) is 0. The number of benzene rings is 2. The Hall–Kier alpha value is -3.18. The predicted octanol–water partition coefficient (Wildman–Crippen LogP) is 5.38. The highest BCUT2D eigenvalue weighted by molar-refractivity contribution is 6.06. The quantitative estimate of drug-likeness (QED) is 0.511. The number of rotatable bonds is 7. The van der Waals surface area contributed by atoms with E-state index in [1.807, 2.05) is 59.2 Å². The molecule has 1 fully saturated rings. The number of fused-ring (bicyclic) bond motifs is 2. The van der Waals surface area contributed by atoms with E-state index in [-0.39, 0.29) is 17.9 Å². The Bertz CT molecular complexity index is 1120. The fraction of sp³-hybridized carbons (Fsp3) is 0.400. The molecule has 1 saturated carbocycles. The number of para-hydroxylation sites is 1. The van der Waals surface area contributed by atoms with Crippen LogP contribution in [0.1, 0.15) is 61.8 Å². The number of hydrogen-bond acceptors (Lipinski definition) is 3. The van der Waals surface area contributed by atoms with Gasteiger partial charge in [0.25, 0.3) is 5.91 Å². The maximum atomic E-state index is 14.0. The van der Waals surface area contributed by atoms with Crippen LogP contribution in [0.2, 0.25) is 0 Å². The summed E-state index contributed by atoms with van der Waals surface area (Å²) >= 11 is 0. The minimum atomic E-state index is -0.584. The second kappa shape index (κ2) is 10.2. The average molecular weight is 470 g/mol. The molecule has 0 N–H and O–H groups in total. The van der Waals surface area contributed by atoms with Crippen molar-refractivity contribution < 1.29 is 9.59 Å². The summed E-state index contributed by atoms with van der Waals surface area (Å²) in [6, 6.07) is 16.1. The second-order valence-corrected chi connectivity index (χ2v) is 10.1. The van der Waals surface area contributed by atoms with E-state index in [0.717, 1.165) is 55.6 Å². The number of nitrogens with zero attached hydrogens (tertiary/aromatic N) is 3. The van der Waals surface area contributed by atoms with Gasteiger partial charge >= 0.3 is 0 Å². The summed E-state index contributed by atoms with van der Waals surface area (Å²) in [5.74, 6) is 0.0378. The Balaban J connectivity index is 1.44. The third-order valence-corrected chi connectivity index (χ3v) is 7.62. The van der Waals surface area contributed by atoms with Crippen molar-refractivity contribution in [3.63, 3.8) is 0 Å². The van der Waals surface area contributed by atoms with E-state index in [4.69, 9.17) is 0 Å². The van der Waals surface area contributed by atoms with Crippen LogP contribution in [-0.4, -0.2) is 40.7 Å². The zero-order valence-electron chi connectivity index (χ0n) is 20.7. The molecule has 5 nitrogen and oxygen atoms in total. The fourth-order valence-electron chi connectivity index (χ4n) is 5.98. The number of carbonyl (C=O) groups excluding carboxylic acids is 2. The molecule has 0 spiro atoms. The molecule has 1 aliphatic carbocycles. The third-order valence-electron chi connectivity index (χ3n) is 7.62. The highest BCUT2D eigenvalue weighted by atomic mass is 16.2. The average Bonchev–Trinajstić information content (AvgIpc) is 3.40. The number of anilines is 1. The summed E-state index contributed by atoms with van der Waals surface area (Å²) in [5.41, 5.74) is 5.50. The van der Waals surface area contributed by atoms with Crippen LogP contribution in [-0.2, 0) is 22.7 Å². The molecule has 2 aromatic carbocycles. The molecule has 0 radical (unpaired) electrons. The third kappa shape index (κ3) is 4.70. The number of amides is 2. The van der Waals surface area contributed by atoms with Crippen LogP contribution >= 0.6 is 0 Å². The maximum Gasteiger partial charge on any atom is 0.254 e. The van der Waals surface area contributed by atoms with Gasteiger partial charge in [-0.3, -0.25) is 14.5 Å². The Morgan fingerprint density at radius 3 is 2.37 bits per heavy atom. The Labute approximate surface area is 208 Å². The molecule has 1 atom stereocenters. The van der Waals surface area contributed by atoms with E-state index >= 15 is 0 Å². The minimum Gasteiger partial charge on any atom is -0.321 e. The van der Waals surface area contributed by atoms with E-state index in [9.17, 15) is 9.59 Å². The molecular formula is C30H35N3O2. The van der Waals surface area contributed by atoms with E-state index in [0.29, 0.717) is 13.1 Å². The van der Waals surface area contributed by atoms with Crippen molar-refractivity contribution in [2.45, 2.75) is 64.2 Å². The largest absolute Gasteiger partial charge is 0.321 e. The van der Waals surface area contributed by atoms with Gasteiger partial charge in [0.1, 0.15) is 6.04 Å². The van der Waals surface area contributed by atoms with Gasteiger partial charge < -0.3 is 9.80 Å². The molecule has 2 amide bonds. The molecule has 0 saturated heterocycles. The lowest BCUT2D eigenvalue weighted by Crippen LogP contribution is -2.47. The van der Waals surface area contributed by atoms with Gasteiger partial charge in [-0.25, -0.2) is 0 Å². The van der Waals surface area contributed by atoms with Gasteiger partial charge in [0.2, 0.25) is 5.91 Å². The Morgan fingerprint density at radius 2 is 1.69 bits per heavy atom. The fourth-order valence-corrected chi connectivity index (χ4v) is 5.98. The lowest BCUT2D eigenvalue weighted by Gasteiger charge is -2.34. The van der Waals surface area contributed by atoms with Gasteiger partial charge in [0.05, 0.1) is 6.54 Å². The lowest BCUT2D eigenvalue weighted by molar-refractivity contribution is -0.140. The molecule has 35 heavy (non-hydrogen) atoms. The highest BCUT2D eigenvalue weighted by Gasteiger charge is 2.45. The van der Waals surface area contributed by atoms with Gasteiger partial charge in [0.15, 0.2) is 0 Å². The van der Waals surface area contributed by atoms with Crippen molar-refractivity contribution in [1.29, 1.82) is 0 Å². The first-order valence-electron chi connectivity index (χ1n) is 12.9. The van der Waals surface area contributed by atoms with Crippen LogP contribution in [0.15, 0.2) is 72.8 Å². The monoisotopic (exact) mass is 469 g/mol. The van der Waals surface area contributed by atoms with Crippen molar-refractivity contribution in [2.24, 2.45) is 0 Å². The van der Waals surface area contributed by atoms with Crippen LogP contribution in [0, 0.1) is 0 Å². The number of hydrogen-bond donors (Lipinski definition) is 0. The molecule has 1 unspecified atom stereocenters. The SMILES string of the molecule is C=C/C=C(\C)CN(C(=O)CN1Cc2ccccc2C1)C1C(=O)N(C2CCCCC2)c2ccccc21. The molecule has 0 aromatic heterocycles. The molecule has 2 heterocycles. The molecule has 182 valence electrons. The molecule has 5 rings (SSSR count). The highest BCUT2D eigenvalue weighted by Crippen LogP contribution is 2.43. The molecule has 5 heteroatoms. The molecule has 2 aliphatic heterocycles. The van der Waals surface area contributed by atoms with Crippen LogP contribution in [0.5, 0.6) is 0 Å². The van der Waals surface area contributed by atoms with Gasteiger partial charge in [0, 0.05) is 36.9 Å². The topological polar surface area (TPSA) is 43.9 Å². The van der Waals surface area contributed by atoms with Crippen LogP contribution in [0.25, 0.3) is 0 Å². The van der Waals surface area contributed by atoms with Crippen molar-refractivity contribution in [1.82, 2.24) is 9.80 Å². The van der Waals surface area contributed by atoms with E-state index in [1.54, 1.807) is 6.08 Å². The standard InChI is InChI=1S/C30H35N3O2/c1-3-11-22(2)18-32(28(34)21-31-19-23-12-7-8-13-24(23)20-31)29-26-16-9-10-17-27(26)33(30(29)35)25-14-5-4-6-15-25/h3,7-13,16-17,25,29H,1,4-6,14-15,18-21H2,2H3/b22-11+. The normalized spacial score (nSPS) is 20.6. The Morgan fingerprint density at radius 1 is 1.03 bits per heavy atom. The minimum absolute atomic E-state index is 0.00624. The summed E-state index contributed by atoms with van der Waals surface area (Å²) in [4.78, 5) is 33.9. The molecule has 2 aromatic rings. The zero-order valence-corrected chi connectivity index (χ0v) is 20.7. The first kappa shape index (κ1) is 23.6. The number of allylic oxidation sites excluding steroid dienone is 2. The van der Waals surface area contributed by atoms with E-state index in [1.165, 1.54) is 17.5 Å². The smallest absolute Gasteiger partial charge is 0.254 e. The molecule has 0 bridgehead atoms. The van der Waals surface area contributed by atoms with Crippen LogP contribution < -0.4 is 4.90 Å². The predicted molar refractivity (Wildman–Crippen MR) is 140 cm³/mol. The van der Waals surface area contributed by atoms with E-state index in [2.05, 4.69) is 23.6 Å². The van der Waals surface area contributed by atoms with Crippen molar-refractivity contribution in [3.8, 4) is 0 Å². The first-order valence-corrected chi connectivity index (χ1v) is 12.9. The summed E-state index contributed by atoms with van der Waals surface area (Å²) in [6.07, 6.45) is 9.27. The Kier molecular flexibility index (Phi) is 6.87. The van der Waals surface area contributed by atoms with Crippen LogP contribution in [0.3, 0.4) is 0 Å². The molecule has 3 aliphatic rings. The number of carbonyl (C=O) groups is 2. The second-order valence-electron chi connectivity index (χ2n) is 10.1. The van der Waals surface area contributed by atoms with Crippen molar-refractivity contribution in [3.05, 3.63) is 89.5 Å². The summed E-state index contributed by atoms with van der Waals surface area (Å²) in [6.45, 7) is 8.05. The van der Waals surface area contributed by atoms with Gasteiger partial charge in [-0.2, -0.15) is 0 Å². The summed E-state index contributed by atoms with van der Waals surface area (Å²) < 4.78 is 0. The zero-order chi connectivity index (χ0) is 24.4. The summed E-state index contributed by atoms with van der Waals surface area (Å²) in [5, 5.41) is 0. The van der Waals surface area contributed by atoms with Gasteiger partial charge in [-0.05, 0) is 37.0 Å². The maximum absolute atomic E-state index is 14.0. The van der Waals surface area contributed by atoms with Crippen LogP contribution in [0.4, 0.5) is 5.69 Å². The lowest BCUT2D eigenvalue weighted by atomic mass is 9.94. The van der Waals surface area contributed by atoms with E-state index < -0.39 is 6.04 Å². The van der Waals surface area contributed by atoms with Crippen molar-refractivity contribution >= 4 is 17.5 Å². The van der Waals surface area contributed by atoms with Crippen molar-refractivity contribution in [2.75, 3.05) is 18.0 Å².